The molecule has 0 radical (unpaired) electrons. The second-order valence-corrected chi connectivity index (χ2v) is 8.02. The SMILES string of the molecule is COC(=O)[C@H](C)Sc1nc2c(c(=O)n1-c1ccc(Cl)cc1)SCC2. The average Bonchev–Trinajstić information content (AvgIpc) is 3.04. The molecule has 1 aliphatic heterocycles. The van der Waals surface area contributed by atoms with E-state index in [9.17, 15) is 9.59 Å². The molecule has 1 aromatic carbocycles. The molecule has 24 heavy (non-hydrogen) atoms. The third kappa shape index (κ3) is 3.34. The number of aryl methyl sites for hydroxylation is 1. The Morgan fingerprint density at radius 1 is 1.42 bits per heavy atom. The fourth-order valence-corrected chi connectivity index (χ4v) is 4.48. The number of rotatable bonds is 4. The van der Waals surface area contributed by atoms with Crippen LogP contribution in [0.15, 0.2) is 39.1 Å². The smallest absolute Gasteiger partial charge is 0.318 e. The van der Waals surface area contributed by atoms with Crippen LogP contribution in [0.4, 0.5) is 0 Å². The minimum atomic E-state index is -0.465. The summed E-state index contributed by atoms with van der Waals surface area (Å²) in [6.07, 6.45) is 0.761. The Kier molecular flexibility index (Phi) is 5.22. The summed E-state index contributed by atoms with van der Waals surface area (Å²) in [4.78, 5) is 30.0. The third-order valence-corrected chi connectivity index (χ3v) is 5.96. The second-order valence-electron chi connectivity index (χ2n) is 5.17. The summed E-state index contributed by atoms with van der Waals surface area (Å²) in [6, 6.07) is 6.98. The molecular weight excluding hydrogens is 368 g/mol. The summed E-state index contributed by atoms with van der Waals surface area (Å²) in [5, 5.41) is 0.612. The largest absolute Gasteiger partial charge is 0.468 e. The molecule has 8 heteroatoms. The van der Waals surface area contributed by atoms with Crippen LogP contribution in [-0.4, -0.2) is 33.6 Å². The van der Waals surface area contributed by atoms with Gasteiger partial charge in [0.05, 0.1) is 23.4 Å². The van der Waals surface area contributed by atoms with Gasteiger partial charge in [0.15, 0.2) is 5.16 Å². The molecule has 1 atom stereocenters. The summed E-state index contributed by atoms with van der Waals surface area (Å²) in [6.45, 7) is 1.73. The number of hydrogen-bond donors (Lipinski definition) is 0. The zero-order valence-electron chi connectivity index (χ0n) is 13.1. The monoisotopic (exact) mass is 382 g/mol. The number of fused-ring (bicyclic) bond motifs is 1. The zero-order chi connectivity index (χ0) is 17.3. The number of nitrogens with zero attached hydrogens (tertiary/aromatic N) is 2. The predicted octanol–water partition coefficient (Wildman–Crippen LogP) is 3.19. The number of esters is 1. The van der Waals surface area contributed by atoms with Crippen molar-refractivity contribution in [3.05, 3.63) is 45.3 Å². The molecule has 1 aliphatic rings. The van der Waals surface area contributed by atoms with Crippen molar-refractivity contribution in [2.24, 2.45) is 0 Å². The Hall–Kier alpha value is -1.44. The van der Waals surface area contributed by atoms with E-state index in [4.69, 9.17) is 16.3 Å². The number of thioether (sulfide) groups is 2. The van der Waals surface area contributed by atoms with Gasteiger partial charge in [-0.25, -0.2) is 4.98 Å². The van der Waals surface area contributed by atoms with E-state index in [2.05, 4.69) is 4.98 Å². The lowest BCUT2D eigenvalue weighted by Crippen LogP contribution is -2.25. The Morgan fingerprint density at radius 3 is 2.79 bits per heavy atom. The lowest BCUT2D eigenvalue weighted by Gasteiger charge is -2.15. The minimum Gasteiger partial charge on any atom is -0.468 e. The summed E-state index contributed by atoms with van der Waals surface area (Å²) in [5.41, 5.74) is 1.37. The zero-order valence-corrected chi connectivity index (χ0v) is 15.5. The minimum absolute atomic E-state index is 0.107. The quantitative estimate of drug-likeness (QED) is 0.459. The van der Waals surface area contributed by atoms with E-state index in [-0.39, 0.29) is 11.5 Å². The van der Waals surface area contributed by atoms with Crippen molar-refractivity contribution in [1.82, 2.24) is 9.55 Å². The highest BCUT2D eigenvalue weighted by atomic mass is 35.5. The number of benzene rings is 1. The molecule has 0 saturated carbocycles. The average molecular weight is 383 g/mol. The first kappa shape index (κ1) is 17.4. The van der Waals surface area contributed by atoms with Crippen LogP contribution < -0.4 is 5.56 Å². The Labute approximate surface area is 152 Å². The van der Waals surface area contributed by atoms with Crippen LogP contribution in [-0.2, 0) is 16.0 Å². The summed E-state index contributed by atoms with van der Waals surface area (Å²) >= 11 is 8.68. The van der Waals surface area contributed by atoms with Crippen LogP contribution in [0.2, 0.25) is 5.02 Å². The van der Waals surface area contributed by atoms with E-state index < -0.39 is 5.25 Å². The van der Waals surface area contributed by atoms with Crippen molar-refractivity contribution in [3.63, 3.8) is 0 Å². The van der Waals surface area contributed by atoms with Crippen LogP contribution in [0.25, 0.3) is 5.69 Å². The molecule has 0 fully saturated rings. The van der Waals surface area contributed by atoms with E-state index in [0.29, 0.717) is 20.8 Å². The van der Waals surface area contributed by atoms with E-state index in [0.717, 1.165) is 17.9 Å². The van der Waals surface area contributed by atoms with E-state index in [1.54, 1.807) is 31.2 Å². The second kappa shape index (κ2) is 7.21. The van der Waals surface area contributed by atoms with Crippen molar-refractivity contribution in [3.8, 4) is 5.69 Å². The molecule has 0 amide bonds. The molecule has 0 N–H and O–H groups in total. The number of hydrogen-bond acceptors (Lipinski definition) is 6. The summed E-state index contributed by atoms with van der Waals surface area (Å²) < 4.78 is 6.31. The van der Waals surface area contributed by atoms with Gasteiger partial charge in [0.2, 0.25) is 0 Å². The highest BCUT2D eigenvalue weighted by Gasteiger charge is 2.25. The molecule has 0 saturated heterocycles. The van der Waals surface area contributed by atoms with Crippen LogP contribution in [0.5, 0.6) is 0 Å². The highest BCUT2D eigenvalue weighted by Crippen LogP contribution is 2.31. The molecule has 126 valence electrons. The summed E-state index contributed by atoms with van der Waals surface area (Å²) in [7, 11) is 1.35. The topological polar surface area (TPSA) is 61.2 Å². The predicted molar refractivity (Wildman–Crippen MR) is 96.6 cm³/mol. The normalized spacial score (nSPS) is 14.3. The van der Waals surface area contributed by atoms with Gasteiger partial charge >= 0.3 is 5.97 Å². The molecule has 3 rings (SSSR count). The van der Waals surface area contributed by atoms with Gasteiger partial charge in [-0.2, -0.15) is 0 Å². The van der Waals surface area contributed by atoms with Crippen molar-refractivity contribution in [1.29, 1.82) is 0 Å². The molecular formula is C16H15ClN2O3S2. The van der Waals surface area contributed by atoms with Crippen LogP contribution in [0, 0.1) is 0 Å². The van der Waals surface area contributed by atoms with Gasteiger partial charge in [-0.3, -0.25) is 14.2 Å². The van der Waals surface area contributed by atoms with E-state index in [1.807, 2.05) is 0 Å². The molecule has 2 aromatic rings. The van der Waals surface area contributed by atoms with Gasteiger partial charge in [0.25, 0.3) is 5.56 Å². The van der Waals surface area contributed by atoms with Crippen molar-refractivity contribution in [2.75, 3.05) is 12.9 Å². The fourth-order valence-electron chi connectivity index (χ4n) is 2.36. The lowest BCUT2D eigenvalue weighted by atomic mass is 10.3. The maximum absolute atomic E-state index is 12.9. The lowest BCUT2D eigenvalue weighted by molar-refractivity contribution is -0.139. The highest BCUT2D eigenvalue weighted by molar-refractivity contribution is 8.00. The molecule has 5 nitrogen and oxygen atoms in total. The van der Waals surface area contributed by atoms with E-state index >= 15 is 0 Å². The standard InChI is InChI=1S/C16H15ClN2O3S2/c1-9(15(21)22-2)24-16-18-12-7-8-23-13(12)14(20)19(16)11-5-3-10(17)4-6-11/h3-6,9H,7-8H2,1-2H3/t9-/m0/s1. The van der Waals surface area contributed by atoms with Gasteiger partial charge in [0.1, 0.15) is 5.25 Å². The van der Waals surface area contributed by atoms with Crippen molar-refractivity contribution < 1.29 is 9.53 Å². The fraction of sp³-hybridized carbons (Fsp3) is 0.312. The molecule has 0 unspecified atom stereocenters. The number of halogens is 1. The maximum Gasteiger partial charge on any atom is 0.318 e. The third-order valence-electron chi connectivity index (χ3n) is 3.57. The first-order valence-corrected chi connectivity index (χ1v) is 9.54. The Balaban J connectivity index is 2.12. The van der Waals surface area contributed by atoms with Crippen molar-refractivity contribution in [2.45, 2.75) is 28.6 Å². The van der Waals surface area contributed by atoms with Crippen LogP contribution in [0.1, 0.15) is 12.6 Å². The number of aromatic nitrogens is 2. The maximum atomic E-state index is 12.9. The van der Waals surface area contributed by atoms with Gasteiger partial charge in [-0.1, -0.05) is 23.4 Å². The molecule has 0 bridgehead atoms. The molecule has 2 heterocycles. The van der Waals surface area contributed by atoms with Gasteiger partial charge in [-0.05, 0) is 31.2 Å². The number of carbonyl (C=O) groups is 1. The Morgan fingerprint density at radius 2 is 2.12 bits per heavy atom. The number of methoxy groups -OCH3 is 1. The molecule has 0 spiro atoms. The van der Waals surface area contributed by atoms with Crippen LogP contribution in [0.3, 0.4) is 0 Å². The summed E-state index contributed by atoms with van der Waals surface area (Å²) in [5.74, 6) is 0.491. The van der Waals surface area contributed by atoms with Gasteiger partial charge in [-0.15, -0.1) is 11.8 Å². The first-order chi connectivity index (χ1) is 11.5. The molecule has 0 aliphatic carbocycles. The van der Waals surface area contributed by atoms with Crippen molar-refractivity contribution >= 4 is 41.1 Å². The van der Waals surface area contributed by atoms with Crippen LogP contribution >= 0.6 is 35.1 Å². The Bertz CT molecular complexity index is 836. The van der Waals surface area contributed by atoms with E-state index in [1.165, 1.54) is 35.2 Å². The van der Waals surface area contributed by atoms with Gasteiger partial charge < -0.3 is 4.74 Å². The number of ether oxygens (including phenoxy) is 1. The first-order valence-electron chi connectivity index (χ1n) is 7.30. The number of carbonyl (C=O) groups excluding carboxylic acids is 1. The van der Waals surface area contributed by atoms with Gasteiger partial charge in [0, 0.05) is 17.2 Å². The molecule has 1 aromatic heterocycles.